The Morgan fingerprint density at radius 3 is 2.87 bits per heavy atom. The minimum absolute atomic E-state index is 0.115. The smallest absolute Gasteiger partial charge is 0.153 e. The van der Waals surface area contributed by atoms with E-state index in [1.54, 1.807) is 0 Å². The number of hydrogen-bond donors (Lipinski definition) is 0. The summed E-state index contributed by atoms with van der Waals surface area (Å²) in [6, 6.07) is 2.19. The first-order chi connectivity index (χ1) is 7.25. The molecule has 0 aromatic heterocycles. The molecule has 0 bridgehead atoms. The maximum absolute atomic E-state index is 11.6. The second-order valence-corrected chi connectivity index (χ2v) is 4.19. The average Bonchev–Trinajstić information content (AvgIpc) is 2.61. The zero-order valence-electron chi connectivity index (χ0n) is 9.42. The molecule has 1 atom stereocenters. The van der Waals surface area contributed by atoms with Gasteiger partial charge in [-0.2, -0.15) is 5.26 Å². The molecule has 0 radical (unpaired) electrons. The molecule has 1 fully saturated rings. The SMILES string of the molecule is CCCCOCCC1(C#N)CCCC1=O. The molecule has 15 heavy (non-hydrogen) atoms. The minimum Gasteiger partial charge on any atom is -0.381 e. The summed E-state index contributed by atoms with van der Waals surface area (Å²) in [5.74, 6) is 0.115. The van der Waals surface area contributed by atoms with Gasteiger partial charge in [-0.05, 0) is 25.7 Å². The molecule has 0 N–H and O–H groups in total. The van der Waals surface area contributed by atoms with Crippen LogP contribution in [-0.2, 0) is 9.53 Å². The van der Waals surface area contributed by atoms with E-state index in [9.17, 15) is 4.79 Å². The summed E-state index contributed by atoms with van der Waals surface area (Å²) in [4.78, 5) is 11.6. The molecule has 84 valence electrons. The molecule has 3 heteroatoms. The molecule has 0 aliphatic heterocycles. The number of carbonyl (C=O) groups excluding carboxylic acids is 1. The van der Waals surface area contributed by atoms with Crippen molar-refractivity contribution < 1.29 is 9.53 Å². The van der Waals surface area contributed by atoms with Crippen LogP contribution in [0.25, 0.3) is 0 Å². The van der Waals surface area contributed by atoms with E-state index in [-0.39, 0.29) is 5.78 Å². The van der Waals surface area contributed by atoms with Gasteiger partial charge in [0.25, 0.3) is 0 Å². The van der Waals surface area contributed by atoms with Gasteiger partial charge < -0.3 is 4.74 Å². The zero-order chi connectivity index (χ0) is 11.1. The molecule has 1 aliphatic carbocycles. The fourth-order valence-electron chi connectivity index (χ4n) is 1.96. The van der Waals surface area contributed by atoms with Crippen molar-refractivity contribution >= 4 is 5.78 Å². The highest BCUT2D eigenvalue weighted by molar-refractivity contribution is 5.89. The third-order valence-corrected chi connectivity index (χ3v) is 3.07. The van der Waals surface area contributed by atoms with Crippen LogP contribution >= 0.6 is 0 Å². The number of ketones is 1. The van der Waals surface area contributed by atoms with E-state index in [1.165, 1.54) is 0 Å². The maximum Gasteiger partial charge on any atom is 0.153 e. The Morgan fingerprint density at radius 2 is 2.33 bits per heavy atom. The third-order valence-electron chi connectivity index (χ3n) is 3.07. The van der Waals surface area contributed by atoms with E-state index in [2.05, 4.69) is 13.0 Å². The van der Waals surface area contributed by atoms with Gasteiger partial charge >= 0.3 is 0 Å². The summed E-state index contributed by atoms with van der Waals surface area (Å²) in [6.45, 7) is 3.39. The van der Waals surface area contributed by atoms with Gasteiger partial charge in [-0.25, -0.2) is 0 Å². The van der Waals surface area contributed by atoms with Crippen LogP contribution in [0.2, 0.25) is 0 Å². The average molecular weight is 209 g/mol. The van der Waals surface area contributed by atoms with E-state index in [0.29, 0.717) is 19.4 Å². The van der Waals surface area contributed by atoms with Crippen molar-refractivity contribution in [2.24, 2.45) is 5.41 Å². The summed E-state index contributed by atoms with van der Waals surface area (Å²) >= 11 is 0. The van der Waals surface area contributed by atoms with Crippen LogP contribution in [0.1, 0.15) is 45.4 Å². The Kier molecular flexibility index (Phi) is 4.77. The molecule has 0 spiro atoms. The van der Waals surface area contributed by atoms with E-state index in [4.69, 9.17) is 10.00 Å². The van der Waals surface area contributed by atoms with E-state index >= 15 is 0 Å². The number of nitrogens with zero attached hydrogens (tertiary/aromatic N) is 1. The Bertz CT molecular complexity index is 257. The van der Waals surface area contributed by atoms with E-state index < -0.39 is 5.41 Å². The molecule has 0 aromatic carbocycles. The number of nitriles is 1. The molecule has 3 nitrogen and oxygen atoms in total. The highest BCUT2D eigenvalue weighted by Crippen LogP contribution is 2.37. The van der Waals surface area contributed by atoms with Crippen LogP contribution in [0.4, 0.5) is 0 Å². The lowest BCUT2D eigenvalue weighted by atomic mass is 9.84. The van der Waals surface area contributed by atoms with Gasteiger partial charge in [0.05, 0.1) is 6.07 Å². The van der Waals surface area contributed by atoms with Crippen molar-refractivity contribution in [3.05, 3.63) is 0 Å². The van der Waals surface area contributed by atoms with E-state index in [0.717, 1.165) is 32.3 Å². The minimum atomic E-state index is -0.716. The molecular weight excluding hydrogens is 190 g/mol. The van der Waals surface area contributed by atoms with Crippen LogP contribution in [0.15, 0.2) is 0 Å². The summed E-state index contributed by atoms with van der Waals surface area (Å²) < 4.78 is 5.41. The molecule has 1 saturated carbocycles. The number of carbonyl (C=O) groups is 1. The Labute approximate surface area is 91.4 Å². The van der Waals surface area contributed by atoms with Crippen LogP contribution < -0.4 is 0 Å². The molecular formula is C12H19NO2. The van der Waals surface area contributed by atoms with Crippen LogP contribution in [0.5, 0.6) is 0 Å². The summed E-state index contributed by atoms with van der Waals surface area (Å²) in [5, 5.41) is 9.06. The van der Waals surface area contributed by atoms with Crippen LogP contribution in [-0.4, -0.2) is 19.0 Å². The number of hydrogen-bond acceptors (Lipinski definition) is 3. The first kappa shape index (κ1) is 12.2. The zero-order valence-corrected chi connectivity index (χ0v) is 9.42. The molecule has 1 unspecified atom stereocenters. The molecule has 1 rings (SSSR count). The van der Waals surface area contributed by atoms with Crippen molar-refractivity contribution in [3.8, 4) is 6.07 Å². The predicted molar refractivity (Wildman–Crippen MR) is 57.2 cm³/mol. The highest BCUT2D eigenvalue weighted by Gasteiger charge is 2.41. The second-order valence-electron chi connectivity index (χ2n) is 4.19. The molecule has 1 aliphatic rings. The molecule has 0 saturated heterocycles. The maximum atomic E-state index is 11.6. The number of Topliss-reactive ketones (excluding diaryl/α,β-unsaturated/α-hetero) is 1. The molecule has 0 aromatic rings. The summed E-state index contributed by atoms with van der Waals surface area (Å²) in [7, 11) is 0. The quantitative estimate of drug-likeness (QED) is 0.631. The van der Waals surface area contributed by atoms with Crippen molar-refractivity contribution in [2.75, 3.05) is 13.2 Å². The Balaban J connectivity index is 2.29. The lowest BCUT2D eigenvalue weighted by Crippen LogP contribution is -2.25. The monoisotopic (exact) mass is 209 g/mol. The lowest BCUT2D eigenvalue weighted by Gasteiger charge is -2.17. The van der Waals surface area contributed by atoms with Gasteiger partial charge in [-0.3, -0.25) is 4.79 Å². The third kappa shape index (κ3) is 3.04. The van der Waals surface area contributed by atoms with Crippen molar-refractivity contribution in [3.63, 3.8) is 0 Å². The highest BCUT2D eigenvalue weighted by atomic mass is 16.5. The molecule has 0 heterocycles. The normalized spacial score (nSPS) is 25.5. The van der Waals surface area contributed by atoms with Gasteiger partial charge in [-0.15, -0.1) is 0 Å². The van der Waals surface area contributed by atoms with Gasteiger partial charge in [0.15, 0.2) is 5.78 Å². The van der Waals surface area contributed by atoms with E-state index in [1.807, 2.05) is 0 Å². The fraction of sp³-hybridized carbons (Fsp3) is 0.833. The standard InChI is InChI=1S/C12H19NO2/c1-2-3-8-15-9-7-12(10-13)6-4-5-11(12)14/h2-9H2,1H3. The van der Waals surface area contributed by atoms with Gasteiger partial charge in [0.1, 0.15) is 5.41 Å². The molecule has 0 amide bonds. The second kappa shape index (κ2) is 5.87. The van der Waals surface area contributed by atoms with Crippen molar-refractivity contribution in [2.45, 2.75) is 45.4 Å². The Morgan fingerprint density at radius 1 is 1.53 bits per heavy atom. The van der Waals surface area contributed by atoms with Gasteiger partial charge in [-0.1, -0.05) is 13.3 Å². The number of ether oxygens (including phenoxy) is 1. The largest absolute Gasteiger partial charge is 0.381 e. The van der Waals surface area contributed by atoms with Crippen LogP contribution in [0, 0.1) is 16.7 Å². The van der Waals surface area contributed by atoms with Crippen molar-refractivity contribution in [1.29, 1.82) is 5.26 Å². The fourth-order valence-corrected chi connectivity index (χ4v) is 1.96. The Hall–Kier alpha value is -0.880. The first-order valence-electron chi connectivity index (χ1n) is 5.77. The van der Waals surface area contributed by atoms with Gasteiger partial charge in [0.2, 0.25) is 0 Å². The summed E-state index contributed by atoms with van der Waals surface area (Å²) in [6.07, 6.45) is 4.89. The van der Waals surface area contributed by atoms with Gasteiger partial charge in [0, 0.05) is 19.6 Å². The topological polar surface area (TPSA) is 50.1 Å². The number of unbranched alkanes of at least 4 members (excludes halogenated alkanes) is 1. The van der Waals surface area contributed by atoms with Crippen LogP contribution in [0.3, 0.4) is 0 Å². The number of rotatable bonds is 6. The van der Waals surface area contributed by atoms with Crippen molar-refractivity contribution in [1.82, 2.24) is 0 Å². The lowest BCUT2D eigenvalue weighted by molar-refractivity contribution is -0.124. The predicted octanol–water partition coefficient (Wildman–Crippen LogP) is 2.46. The summed E-state index contributed by atoms with van der Waals surface area (Å²) in [5.41, 5.74) is -0.716. The first-order valence-corrected chi connectivity index (χ1v) is 5.77.